The Morgan fingerprint density at radius 2 is 1.93 bits per heavy atom. The molecule has 8 nitrogen and oxygen atoms in total. The van der Waals surface area contributed by atoms with E-state index in [9.17, 15) is 24.2 Å². The van der Waals surface area contributed by atoms with Crippen molar-refractivity contribution < 1.29 is 28.9 Å². The molecular weight excluding hydrogens is 381 g/mol. The molecule has 1 aromatic heterocycles. The van der Waals surface area contributed by atoms with Crippen LogP contribution < -0.4 is 10.1 Å². The first-order valence-electron chi connectivity index (χ1n) is 8.59. The van der Waals surface area contributed by atoms with Crippen molar-refractivity contribution in [2.45, 2.75) is 12.5 Å². The number of aliphatic carboxylic acids is 1. The van der Waals surface area contributed by atoms with E-state index >= 15 is 0 Å². The summed E-state index contributed by atoms with van der Waals surface area (Å²) in [6, 6.07) is 12.2. The number of carbonyl (C=O) groups is 2. The number of carboxylic acids is 1. The number of aromatic nitrogens is 2. The smallest absolute Gasteiger partial charge is 0.305 e. The van der Waals surface area contributed by atoms with Crippen molar-refractivity contribution in [3.05, 3.63) is 71.7 Å². The molecule has 0 saturated carbocycles. The van der Waals surface area contributed by atoms with Crippen molar-refractivity contribution in [1.82, 2.24) is 15.1 Å². The van der Waals surface area contributed by atoms with Crippen LogP contribution in [0.15, 0.2) is 54.6 Å². The predicted molar refractivity (Wildman–Crippen MR) is 101 cm³/mol. The highest BCUT2D eigenvalue weighted by atomic mass is 19.1. The first-order chi connectivity index (χ1) is 13.9. The minimum absolute atomic E-state index is 0.143. The average Bonchev–Trinajstić information content (AvgIpc) is 3.09. The highest BCUT2D eigenvalue weighted by molar-refractivity contribution is 5.93. The van der Waals surface area contributed by atoms with Crippen molar-refractivity contribution in [1.29, 1.82) is 0 Å². The number of methoxy groups -OCH3 is 1. The fourth-order valence-electron chi connectivity index (χ4n) is 2.78. The number of nitrogens with one attached hydrogen (secondary N) is 1. The number of carboxylic acid groups (broad SMARTS) is 1. The van der Waals surface area contributed by atoms with Gasteiger partial charge in [0.1, 0.15) is 11.6 Å². The number of aromatic hydroxyl groups is 1. The van der Waals surface area contributed by atoms with Gasteiger partial charge in [0.2, 0.25) is 5.88 Å². The highest BCUT2D eigenvalue weighted by Gasteiger charge is 2.22. The summed E-state index contributed by atoms with van der Waals surface area (Å²) in [5.74, 6) is -2.07. The molecule has 9 heteroatoms. The van der Waals surface area contributed by atoms with Crippen LogP contribution >= 0.6 is 0 Å². The van der Waals surface area contributed by atoms with E-state index in [4.69, 9.17) is 4.74 Å². The van der Waals surface area contributed by atoms with Crippen LogP contribution in [-0.2, 0) is 4.79 Å². The molecule has 0 radical (unpaired) electrons. The Labute approximate surface area is 165 Å². The third-order valence-electron chi connectivity index (χ3n) is 4.18. The monoisotopic (exact) mass is 399 g/mol. The molecule has 3 aromatic rings. The van der Waals surface area contributed by atoms with E-state index in [0.717, 1.165) is 16.8 Å². The first-order valence-corrected chi connectivity index (χ1v) is 8.59. The second kappa shape index (κ2) is 8.42. The van der Waals surface area contributed by atoms with Crippen LogP contribution in [0.3, 0.4) is 0 Å². The molecule has 0 fully saturated rings. The average molecular weight is 399 g/mol. The molecule has 0 spiro atoms. The number of amides is 1. The van der Waals surface area contributed by atoms with E-state index in [1.165, 1.54) is 25.3 Å². The third kappa shape index (κ3) is 4.70. The maximum atomic E-state index is 13.4. The lowest BCUT2D eigenvalue weighted by molar-refractivity contribution is -0.137. The van der Waals surface area contributed by atoms with Gasteiger partial charge in [0.05, 0.1) is 25.3 Å². The van der Waals surface area contributed by atoms with Crippen molar-refractivity contribution in [2.75, 3.05) is 7.11 Å². The molecule has 0 aliphatic heterocycles. The fourth-order valence-corrected chi connectivity index (χ4v) is 2.78. The Bertz CT molecular complexity index is 1030. The number of ether oxygens (including phenoxy) is 1. The molecule has 0 aliphatic rings. The maximum absolute atomic E-state index is 13.4. The summed E-state index contributed by atoms with van der Waals surface area (Å²) in [5, 5.41) is 25.8. The Balaban J connectivity index is 1.84. The van der Waals surface area contributed by atoms with E-state index in [-0.39, 0.29) is 23.7 Å². The van der Waals surface area contributed by atoms with Crippen molar-refractivity contribution in [3.8, 4) is 17.3 Å². The number of hydrogen-bond donors (Lipinski definition) is 3. The van der Waals surface area contributed by atoms with E-state index in [0.29, 0.717) is 11.3 Å². The number of halogens is 1. The first kappa shape index (κ1) is 19.9. The number of carbonyl (C=O) groups excluding carboxylic acids is 1. The molecule has 3 N–H and O–H groups in total. The number of hydrogen-bond acceptors (Lipinski definition) is 5. The zero-order chi connectivity index (χ0) is 21.0. The zero-order valence-corrected chi connectivity index (χ0v) is 15.4. The van der Waals surface area contributed by atoms with Crippen LogP contribution in [0.2, 0.25) is 0 Å². The van der Waals surface area contributed by atoms with Gasteiger partial charge in [-0.25, -0.2) is 9.07 Å². The molecule has 1 heterocycles. The van der Waals surface area contributed by atoms with Gasteiger partial charge in [-0.15, -0.1) is 0 Å². The highest BCUT2D eigenvalue weighted by Crippen LogP contribution is 2.23. The van der Waals surface area contributed by atoms with Gasteiger partial charge in [0, 0.05) is 6.07 Å². The standard InChI is InChI=1S/C20H18FN3O5/c1-29-15-7-5-12(6-8-15)16(11-19(26)27)22-20(28)17-10-18(25)24(23-17)14-4-2-3-13(21)9-14/h2-10,16,25H,11H2,1H3,(H,22,28)(H,26,27)/t16-/m0/s1. The van der Waals surface area contributed by atoms with Gasteiger partial charge in [0.25, 0.3) is 5.91 Å². The summed E-state index contributed by atoms with van der Waals surface area (Å²) in [7, 11) is 1.51. The molecule has 0 unspecified atom stereocenters. The van der Waals surface area contributed by atoms with Gasteiger partial charge in [-0.2, -0.15) is 5.10 Å². The van der Waals surface area contributed by atoms with E-state index in [2.05, 4.69) is 10.4 Å². The number of benzene rings is 2. The van der Waals surface area contributed by atoms with Crippen molar-refractivity contribution >= 4 is 11.9 Å². The summed E-state index contributed by atoms with van der Waals surface area (Å²) < 4.78 is 19.5. The van der Waals surface area contributed by atoms with Gasteiger partial charge >= 0.3 is 5.97 Å². The molecule has 0 saturated heterocycles. The molecule has 0 bridgehead atoms. The van der Waals surface area contributed by atoms with Gasteiger partial charge in [0.15, 0.2) is 5.69 Å². The second-order valence-electron chi connectivity index (χ2n) is 6.18. The number of rotatable bonds is 7. The molecule has 3 rings (SSSR count). The topological polar surface area (TPSA) is 114 Å². The molecule has 0 aliphatic carbocycles. The zero-order valence-electron chi connectivity index (χ0n) is 15.4. The molecule has 1 atom stereocenters. The molecule has 1 amide bonds. The van der Waals surface area contributed by atoms with Crippen LogP contribution in [0.1, 0.15) is 28.5 Å². The third-order valence-corrected chi connectivity index (χ3v) is 4.18. The SMILES string of the molecule is COc1ccc([C@H](CC(=O)O)NC(=O)c2cc(O)n(-c3cccc(F)c3)n2)cc1. The quantitative estimate of drug-likeness (QED) is 0.563. The summed E-state index contributed by atoms with van der Waals surface area (Å²) in [6.45, 7) is 0. The Kier molecular flexibility index (Phi) is 5.77. The van der Waals surface area contributed by atoms with Crippen LogP contribution in [0.4, 0.5) is 4.39 Å². The molecule has 2 aromatic carbocycles. The lowest BCUT2D eigenvalue weighted by atomic mass is 10.0. The largest absolute Gasteiger partial charge is 0.497 e. The summed E-state index contributed by atoms with van der Waals surface area (Å²) >= 11 is 0. The van der Waals surface area contributed by atoms with Gasteiger partial charge in [-0.1, -0.05) is 18.2 Å². The van der Waals surface area contributed by atoms with Crippen LogP contribution in [0.5, 0.6) is 11.6 Å². The van der Waals surface area contributed by atoms with E-state index in [1.807, 2.05) is 0 Å². The second-order valence-corrected chi connectivity index (χ2v) is 6.18. The maximum Gasteiger partial charge on any atom is 0.305 e. The summed E-state index contributed by atoms with van der Waals surface area (Å²) in [5.41, 5.74) is 0.657. The Morgan fingerprint density at radius 1 is 1.21 bits per heavy atom. The van der Waals surface area contributed by atoms with E-state index < -0.39 is 23.7 Å². The normalized spacial score (nSPS) is 11.7. The van der Waals surface area contributed by atoms with Crippen molar-refractivity contribution in [3.63, 3.8) is 0 Å². The molecule has 29 heavy (non-hydrogen) atoms. The van der Waals surface area contributed by atoms with Crippen molar-refractivity contribution in [2.24, 2.45) is 0 Å². The lowest BCUT2D eigenvalue weighted by Crippen LogP contribution is -2.30. The van der Waals surface area contributed by atoms with Crippen LogP contribution in [0, 0.1) is 5.82 Å². The van der Waals surface area contributed by atoms with Gasteiger partial charge < -0.3 is 20.3 Å². The Hall–Kier alpha value is -3.88. The van der Waals surface area contributed by atoms with E-state index in [1.54, 1.807) is 24.3 Å². The minimum atomic E-state index is -1.10. The lowest BCUT2D eigenvalue weighted by Gasteiger charge is -2.17. The van der Waals surface area contributed by atoms with Crippen LogP contribution in [0.25, 0.3) is 5.69 Å². The van der Waals surface area contributed by atoms with Crippen LogP contribution in [-0.4, -0.2) is 39.0 Å². The summed E-state index contributed by atoms with van der Waals surface area (Å²) in [4.78, 5) is 23.8. The minimum Gasteiger partial charge on any atom is -0.497 e. The Morgan fingerprint density at radius 3 is 2.55 bits per heavy atom. The summed E-state index contributed by atoms with van der Waals surface area (Å²) in [6.07, 6.45) is -0.353. The van der Waals surface area contributed by atoms with Gasteiger partial charge in [-0.3, -0.25) is 9.59 Å². The molecule has 150 valence electrons. The predicted octanol–water partition coefficient (Wildman–Crippen LogP) is 2.67. The number of nitrogens with zero attached hydrogens (tertiary/aromatic N) is 2. The van der Waals surface area contributed by atoms with Gasteiger partial charge in [-0.05, 0) is 35.9 Å². The fraction of sp³-hybridized carbons (Fsp3) is 0.150. The molecular formula is C20H18FN3O5.